The van der Waals surface area contributed by atoms with Crippen molar-refractivity contribution in [2.45, 2.75) is 38.2 Å². The lowest BCUT2D eigenvalue weighted by atomic mass is 9.93. The number of benzene rings is 1. The van der Waals surface area contributed by atoms with E-state index in [1.165, 1.54) is 11.1 Å². The molecule has 0 aliphatic heterocycles. The number of thiazole rings is 1. The number of nitrogens with zero attached hydrogens (tertiary/aromatic N) is 1. The molecule has 1 heterocycles. The van der Waals surface area contributed by atoms with Crippen LogP contribution >= 0.6 is 11.3 Å². The standard InChI is InChI=1S/C15H17NOS/c1-10-9-18-15(16-10)8-14(17)13-7-6-11-4-2-3-5-12(11)13/h2-5,9,13-14,17H,6-8H2,1H3. The Morgan fingerprint density at radius 2 is 2.28 bits per heavy atom. The number of rotatable bonds is 3. The number of aliphatic hydroxyl groups is 1. The van der Waals surface area contributed by atoms with Gasteiger partial charge in [-0.1, -0.05) is 24.3 Å². The summed E-state index contributed by atoms with van der Waals surface area (Å²) in [5, 5.41) is 13.5. The van der Waals surface area contributed by atoms with Crippen LogP contribution in [0.2, 0.25) is 0 Å². The summed E-state index contributed by atoms with van der Waals surface area (Å²) in [5.41, 5.74) is 3.78. The van der Waals surface area contributed by atoms with Crippen molar-refractivity contribution in [3.63, 3.8) is 0 Å². The number of hydrogen-bond acceptors (Lipinski definition) is 3. The van der Waals surface area contributed by atoms with Crippen molar-refractivity contribution in [2.24, 2.45) is 0 Å². The monoisotopic (exact) mass is 259 g/mol. The minimum atomic E-state index is -0.306. The second kappa shape index (κ2) is 4.82. The largest absolute Gasteiger partial charge is 0.392 e. The van der Waals surface area contributed by atoms with E-state index in [2.05, 4.69) is 29.2 Å². The van der Waals surface area contributed by atoms with Gasteiger partial charge < -0.3 is 5.11 Å². The van der Waals surface area contributed by atoms with E-state index < -0.39 is 0 Å². The Bertz CT molecular complexity index is 549. The summed E-state index contributed by atoms with van der Waals surface area (Å²) in [4.78, 5) is 4.44. The number of fused-ring (bicyclic) bond motifs is 1. The highest BCUT2D eigenvalue weighted by molar-refractivity contribution is 7.09. The summed E-state index contributed by atoms with van der Waals surface area (Å²) in [6, 6.07) is 8.48. The second-order valence-electron chi connectivity index (χ2n) is 5.00. The van der Waals surface area contributed by atoms with Gasteiger partial charge in [0, 0.05) is 23.4 Å². The van der Waals surface area contributed by atoms with Crippen molar-refractivity contribution >= 4 is 11.3 Å². The van der Waals surface area contributed by atoms with E-state index in [-0.39, 0.29) is 12.0 Å². The zero-order valence-electron chi connectivity index (χ0n) is 10.5. The van der Waals surface area contributed by atoms with E-state index in [0.717, 1.165) is 23.5 Å². The molecule has 1 aliphatic carbocycles. The summed E-state index contributed by atoms with van der Waals surface area (Å²) in [6.45, 7) is 2.00. The Hall–Kier alpha value is -1.19. The fraction of sp³-hybridized carbons (Fsp3) is 0.400. The first-order valence-electron chi connectivity index (χ1n) is 6.41. The predicted octanol–water partition coefficient (Wildman–Crippen LogP) is 3.08. The molecule has 0 saturated heterocycles. The van der Waals surface area contributed by atoms with Crippen LogP contribution in [-0.4, -0.2) is 16.2 Å². The van der Waals surface area contributed by atoms with Gasteiger partial charge in [0.15, 0.2) is 0 Å². The molecule has 1 N–H and O–H groups in total. The molecule has 2 aromatic rings. The lowest BCUT2D eigenvalue weighted by Gasteiger charge is -2.18. The van der Waals surface area contributed by atoms with Gasteiger partial charge in [-0.25, -0.2) is 4.98 Å². The first kappa shape index (κ1) is 11.9. The Morgan fingerprint density at radius 3 is 3.06 bits per heavy atom. The molecular weight excluding hydrogens is 242 g/mol. The molecular formula is C15H17NOS. The summed E-state index contributed by atoms with van der Waals surface area (Å²) in [7, 11) is 0. The molecule has 0 bridgehead atoms. The molecule has 0 spiro atoms. The fourth-order valence-electron chi connectivity index (χ4n) is 2.81. The maximum absolute atomic E-state index is 10.4. The van der Waals surface area contributed by atoms with Crippen LogP contribution in [0.4, 0.5) is 0 Å². The Morgan fingerprint density at radius 1 is 1.44 bits per heavy atom. The topological polar surface area (TPSA) is 33.1 Å². The van der Waals surface area contributed by atoms with Crippen LogP contribution < -0.4 is 0 Å². The van der Waals surface area contributed by atoms with E-state index in [4.69, 9.17) is 0 Å². The molecule has 0 saturated carbocycles. The summed E-state index contributed by atoms with van der Waals surface area (Å²) >= 11 is 1.65. The summed E-state index contributed by atoms with van der Waals surface area (Å²) in [6.07, 6.45) is 2.52. The molecule has 1 aliphatic rings. The van der Waals surface area contributed by atoms with Gasteiger partial charge >= 0.3 is 0 Å². The maximum atomic E-state index is 10.4. The maximum Gasteiger partial charge on any atom is 0.0954 e. The third-order valence-electron chi connectivity index (χ3n) is 3.69. The van der Waals surface area contributed by atoms with Gasteiger partial charge in [-0.05, 0) is 30.9 Å². The molecule has 3 rings (SSSR count). The third-order valence-corrected chi connectivity index (χ3v) is 4.68. The van der Waals surface area contributed by atoms with Gasteiger partial charge in [0.1, 0.15) is 0 Å². The first-order chi connectivity index (χ1) is 8.74. The quantitative estimate of drug-likeness (QED) is 0.919. The van der Waals surface area contributed by atoms with Gasteiger partial charge in [0.25, 0.3) is 0 Å². The number of aliphatic hydroxyl groups excluding tert-OH is 1. The Balaban J connectivity index is 1.76. The predicted molar refractivity (Wildman–Crippen MR) is 74.1 cm³/mol. The number of aryl methyl sites for hydroxylation is 2. The van der Waals surface area contributed by atoms with E-state index >= 15 is 0 Å². The van der Waals surface area contributed by atoms with Gasteiger partial charge in [-0.3, -0.25) is 0 Å². The lowest BCUT2D eigenvalue weighted by molar-refractivity contribution is 0.143. The van der Waals surface area contributed by atoms with E-state index in [1.807, 2.05) is 12.3 Å². The van der Waals surface area contributed by atoms with Crippen LogP contribution in [0.25, 0.3) is 0 Å². The summed E-state index contributed by atoms with van der Waals surface area (Å²) in [5.74, 6) is 0.283. The zero-order valence-corrected chi connectivity index (χ0v) is 11.3. The van der Waals surface area contributed by atoms with Crippen molar-refractivity contribution in [1.29, 1.82) is 0 Å². The molecule has 0 fully saturated rings. The van der Waals surface area contributed by atoms with Crippen molar-refractivity contribution in [2.75, 3.05) is 0 Å². The molecule has 2 unspecified atom stereocenters. The molecule has 3 heteroatoms. The van der Waals surface area contributed by atoms with Crippen LogP contribution in [0.1, 0.15) is 34.2 Å². The van der Waals surface area contributed by atoms with Gasteiger partial charge in [0.05, 0.1) is 11.1 Å². The average molecular weight is 259 g/mol. The van der Waals surface area contributed by atoms with Crippen molar-refractivity contribution in [3.05, 3.63) is 51.5 Å². The van der Waals surface area contributed by atoms with Crippen molar-refractivity contribution < 1.29 is 5.11 Å². The Labute approximate surface area is 111 Å². The fourth-order valence-corrected chi connectivity index (χ4v) is 3.63. The average Bonchev–Trinajstić information content (AvgIpc) is 2.95. The van der Waals surface area contributed by atoms with Crippen LogP contribution in [-0.2, 0) is 12.8 Å². The third kappa shape index (κ3) is 2.20. The number of aromatic nitrogens is 1. The second-order valence-corrected chi connectivity index (χ2v) is 5.94. The smallest absolute Gasteiger partial charge is 0.0954 e. The molecule has 0 radical (unpaired) electrons. The summed E-state index contributed by atoms with van der Waals surface area (Å²) < 4.78 is 0. The molecule has 2 nitrogen and oxygen atoms in total. The van der Waals surface area contributed by atoms with E-state index in [9.17, 15) is 5.11 Å². The molecule has 1 aromatic heterocycles. The highest BCUT2D eigenvalue weighted by Crippen LogP contribution is 2.36. The molecule has 2 atom stereocenters. The van der Waals surface area contributed by atoms with Gasteiger partial charge in [-0.15, -0.1) is 11.3 Å². The zero-order chi connectivity index (χ0) is 12.5. The molecule has 94 valence electrons. The molecule has 1 aromatic carbocycles. The van der Waals surface area contributed by atoms with Gasteiger partial charge in [0.2, 0.25) is 0 Å². The highest BCUT2D eigenvalue weighted by Gasteiger charge is 2.28. The SMILES string of the molecule is Cc1csc(CC(O)C2CCc3ccccc32)n1. The minimum Gasteiger partial charge on any atom is -0.392 e. The normalized spacial score (nSPS) is 19.8. The molecule has 18 heavy (non-hydrogen) atoms. The van der Waals surface area contributed by atoms with Crippen LogP contribution in [0.3, 0.4) is 0 Å². The van der Waals surface area contributed by atoms with Crippen LogP contribution in [0, 0.1) is 6.92 Å². The Kier molecular flexibility index (Phi) is 3.18. The van der Waals surface area contributed by atoms with E-state index in [0.29, 0.717) is 6.42 Å². The highest BCUT2D eigenvalue weighted by atomic mass is 32.1. The van der Waals surface area contributed by atoms with Crippen LogP contribution in [0.5, 0.6) is 0 Å². The van der Waals surface area contributed by atoms with Gasteiger partial charge in [-0.2, -0.15) is 0 Å². The van der Waals surface area contributed by atoms with E-state index in [1.54, 1.807) is 11.3 Å². The lowest BCUT2D eigenvalue weighted by Crippen LogP contribution is -2.19. The van der Waals surface area contributed by atoms with Crippen LogP contribution in [0.15, 0.2) is 29.6 Å². The number of hydrogen-bond donors (Lipinski definition) is 1. The first-order valence-corrected chi connectivity index (χ1v) is 7.29. The minimum absolute atomic E-state index is 0.283. The molecule has 0 amide bonds. The van der Waals surface area contributed by atoms with Crippen molar-refractivity contribution in [3.8, 4) is 0 Å². The van der Waals surface area contributed by atoms with Crippen molar-refractivity contribution in [1.82, 2.24) is 4.98 Å².